The summed E-state index contributed by atoms with van der Waals surface area (Å²) >= 11 is 0. The van der Waals surface area contributed by atoms with Gasteiger partial charge >= 0.3 is 17.9 Å². The third kappa shape index (κ3) is 51.1. The van der Waals surface area contributed by atoms with Gasteiger partial charge < -0.3 is 28.5 Å². The maximum Gasteiger partial charge on any atom is 0.361 e. The van der Waals surface area contributed by atoms with E-state index in [9.17, 15) is 19.5 Å². The highest BCUT2D eigenvalue weighted by atomic mass is 16.7. The van der Waals surface area contributed by atoms with Crippen LogP contribution in [0.5, 0.6) is 0 Å². The number of carbonyl (C=O) groups is 3. The van der Waals surface area contributed by atoms with Gasteiger partial charge in [0.2, 0.25) is 0 Å². The highest BCUT2D eigenvalue weighted by Gasteiger charge is 2.25. The third-order valence-corrected chi connectivity index (χ3v) is 10.4. The monoisotopic (exact) mass is 959 g/mol. The van der Waals surface area contributed by atoms with Crippen LogP contribution in [0, 0.1) is 0 Å². The Morgan fingerprint density at radius 1 is 0.435 bits per heavy atom. The standard InChI is InChI=1S/C60H95NO8/c1-6-8-10-12-14-16-18-20-21-22-23-24-25-26-27-28-29-30-31-32-33-34-35-36-37-39-41-43-45-47-49-51-58(63)69-56(55-68-60(59(64)65)66-53-52-61(3,4)5)54-67-57(62)50-48-46-44-42-40-38-19-17-15-13-11-9-7-2/h8-11,14-17,20-21,23-24,26-27,29-30,32-33,38,40,44,46,56,60H,6-7,12-13,18-19,22,25,28,31,34-37,39,41-43,45,47-55H2,1-5H3/p+1/b10-8-,11-9-,16-14-,17-15-,21-20-,24-23-,27-26-,30-29-,33-32-,40-38-,46-44-. The van der Waals surface area contributed by atoms with E-state index in [2.05, 4.69) is 135 Å². The van der Waals surface area contributed by atoms with Gasteiger partial charge in [-0.15, -0.1) is 0 Å². The molecule has 0 aromatic rings. The van der Waals surface area contributed by atoms with Crippen molar-refractivity contribution in [3.63, 3.8) is 0 Å². The molecule has 0 aliphatic heterocycles. The number of ether oxygens (including phenoxy) is 4. The molecule has 69 heavy (non-hydrogen) atoms. The largest absolute Gasteiger partial charge is 0.477 e. The molecule has 0 heterocycles. The van der Waals surface area contributed by atoms with Crippen LogP contribution in [0.2, 0.25) is 0 Å². The third-order valence-electron chi connectivity index (χ3n) is 10.4. The van der Waals surface area contributed by atoms with Crippen LogP contribution in [-0.2, 0) is 33.3 Å². The van der Waals surface area contributed by atoms with Gasteiger partial charge in [0.15, 0.2) is 6.10 Å². The van der Waals surface area contributed by atoms with Gasteiger partial charge in [0.05, 0.1) is 34.4 Å². The molecular formula is C60H96NO8+. The fourth-order valence-electron chi connectivity index (χ4n) is 6.42. The number of esters is 2. The molecule has 9 nitrogen and oxygen atoms in total. The molecule has 388 valence electrons. The van der Waals surface area contributed by atoms with E-state index < -0.39 is 30.3 Å². The number of likely N-dealkylation sites (N-methyl/N-ethyl adjacent to an activating group) is 1. The topological polar surface area (TPSA) is 108 Å². The molecule has 0 aliphatic rings. The van der Waals surface area contributed by atoms with Gasteiger partial charge in [-0.3, -0.25) is 9.59 Å². The Labute approximate surface area is 420 Å². The molecule has 0 aromatic carbocycles. The molecule has 0 fully saturated rings. The summed E-state index contributed by atoms with van der Waals surface area (Å²) in [5.41, 5.74) is 0. The molecule has 0 saturated carbocycles. The molecule has 2 atom stereocenters. The lowest BCUT2D eigenvalue weighted by Gasteiger charge is -2.25. The minimum Gasteiger partial charge on any atom is -0.477 e. The average Bonchev–Trinajstić information content (AvgIpc) is 3.31. The summed E-state index contributed by atoms with van der Waals surface area (Å²) in [6.07, 6.45) is 68.3. The highest BCUT2D eigenvalue weighted by Crippen LogP contribution is 2.13. The van der Waals surface area contributed by atoms with E-state index in [0.717, 1.165) is 96.3 Å². The van der Waals surface area contributed by atoms with Crippen molar-refractivity contribution in [3.8, 4) is 0 Å². The zero-order valence-electron chi connectivity index (χ0n) is 43.9. The number of allylic oxidation sites excluding steroid dienone is 22. The second-order valence-electron chi connectivity index (χ2n) is 18.1. The summed E-state index contributed by atoms with van der Waals surface area (Å²) in [7, 11) is 5.93. The number of aliphatic carboxylic acids is 1. The Bertz CT molecular complexity index is 1590. The maximum absolute atomic E-state index is 12.8. The Morgan fingerprint density at radius 3 is 1.22 bits per heavy atom. The van der Waals surface area contributed by atoms with Crippen molar-refractivity contribution >= 4 is 17.9 Å². The summed E-state index contributed by atoms with van der Waals surface area (Å²) in [6.45, 7) is 4.52. The lowest BCUT2D eigenvalue weighted by molar-refractivity contribution is -0.870. The fraction of sp³-hybridized carbons (Fsp3) is 0.583. The summed E-state index contributed by atoms with van der Waals surface area (Å²) in [5, 5.41) is 9.66. The van der Waals surface area contributed by atoms with Gasteiger partial charge in [-0.2, -0.15) is 0 Å². The summed E-state index contributed by atoms with van der Waals surface area (Å²) < 4.78 is 22.7. The molecule has 0 bridgehead atoms. The molecule has 0 radical (unpaired) electrons. The van der Waals surface area contributed by atoms with Crippen LogP contribution in [0.15, 0.2) is 134 Å². The Hall–Kier alpha value is -4.57. The predicted molar refractivity (Wildman–Crippen MR) is 290 cm³/mol. The van der Waals surface area contributed by atoms with E-state index in [1.165, 1.54) is 32.1 Å². The molecule has 0 amide bonds. The van der Waals surface area contributed by atoms with Crippen LogP contribution in [0.25, 0.3) is 0 Å². The number of hydrogen-bond acceptors (Lipinski definition) is 7. The second kappa shape index (κ2) is 49.8. The normalized spacial score (nSPS) is 13.9. The molecule has 0 aliphatic carbocycles. The number of carboxylic acid groups (broad SMARTS) is 1. The van der Waals surface area contributed by atoms with Gasteiger partial charge in [0, 0.05) is 12.8 Å². The number of hydrogen-bond donors (Lipinski definition) is 1. The zero-order valence-corrected chi connectivity index (χ0v) is 43.9. The van der Waals surface area contributed by atoms with Crippen LogP contribution in [0.4, 0.5) is 0 Å². The lowest BCUT2D eigenvalue weighted by atomic mass is 10.1. The van der Waals surface area contributed by atoms with Crippen molar-refractivity contribution < 1.29 is 42.9 Å². The molecule has 1 N–H and O–H groups in total. The van der Waals surface area contributed by atoms with Crippen LogP contribution in [0.1, 0.15) is 168 Å². The van der Waals surface area contributed by atoms with E-state index >= 15 is 0 Å². The van der Waals surface area contributed by atoms with Crippen molar-refractivity contribution in [2.24, 2.45) is 0 Å². The maximum atomic E-state index is 12.8. The average molecular weight is 959 g/mol. The van der Waals surface area contributed by atoms with E-state index in [0.29, 0.717) is 23.9 Å². The minimum absolute atomic E-state index is 0.168. The first kappa shape index (κ1) is 64.4. The number of nitrogens with zero attached hydrogens (tertiary/aromatic N) is 1. The molecule has 9 heteroatoms. The first-order chi connectivity index (χ1) is 33.6. The minimum atomic E-state index is -1.53. The van der Waals surface area contributed by atoms with Crippen molar-refractivity contribution in [2.75, 3.05) is 47.5 Å². The number of quaternary nitrogens is 1. The lowest BCUT2D eigenvalue weighted by Crippen LogP contribution is -2.40. The fourth-order valence-corrected chi connectivity index (χ4v) is 6.42. The molecule has 0 spiro atoms. The van der Waals surface area contributed by atoms with E-state index in [1.54, 1.807) is 0 Å². The van der Waals surface area contributed by atoms with Gasteiger partial charge in [-0.05, 0) is 96.3 Å². The van der Waals surface area contributed by atoms with E-state index in [4.69, 9.17) is 18.9 Å². The van der Waals surface area contributed by atoms with Crippen molar-refractivity contribution in [1.29, 1.82) is 0 Å². The van der Waals surface area contributed by atoms with Crippen LogP contribution in [0.3, 0.4) is 0 Å². The summed E-state index contributed by atoms with van der Waals surface area (Å²) in [6, 6.07) is 0. The van der Waals surface area contributed by atoms with Gasteiger partial charge in [0.1, 0.15) is 13.2 Å². The predicted octanol–water partition coefficient (Wildman–Crippen LogP) is 15.1. The van der Waals surface area contributed by atoms with Crippen LogP contribution >= 0.6 is 0 Å². The molecule has 2 unspecified atom stereocenters. The van der Waals surface area contributed by atoms with Crippen molar-refractivity contribution in [2.45, 2.75) is 180 Å². The van der Waals surface area contributed by atoms with E-state index in [-0.39, 0.29) is 32.7 Å². The molecular weight excluding hydrogens is 863 g/mol. The van der Waals surface area contributed by atoms with Gasteiger partial charge in [0.25, 0.3) is 6.29 Å². The molecule has 0 rings (SSSR count). The quantitative estimate of drug-likeness (QED) is 0.0211. The van der Waals surface area contributed by atoms with Crippen molar-refractivity contribution in [1.82, 2.24) is 0 Å². The van der Waals surface area contributed by atoms with Crippen molar-refractivity contribution in [3.05, 3.63) is 134 Å². The Balaban J connectivity index is 4.32. The van der Waals surface area contributed by atoms with Crippen LogP contribution in [-0.4, -0.2) is 87.4 Å². The number of carboxylic acids is 1. The first-order valence-corrected chi connectivity index (χ1v) is 26.3. The summed E-state index contributed by atoms with van der Waals surface area (Å²) in [4.78, 5) is 37.2. The number of unbranched alkanes of at least 4 members (excludes halogenated alkanes) is 9. The Morgan fingerprint density at radius 2 is 0.812 bits per heavy atom. The highest BCUT2D eigenvalue weighted by molar-refractivity contribution is 5.71. The second-order valence-corrected chi connectivity index (χ2v) is 18.1. The summed E-state index contributed by atoms with van der Waals surface area (Å²) in [5.74, 6) is -2.14. The first-order valence-electron chi connectivity index (χ1n) is 26.3. The Kier molecular flexibility index (Phi) is 46.5. The van der Waals surface area contributed by atoms with Gasteiger partial charge in [-0.1, -0.05) is 192 Å². The SMILES string of the molecule is CC/C=C\C/C=C\C/C=C\C/C=C\C/C=C\C/C=C\C/C=C\CCCCCCCCCCCC(=O)OC(COC(=O)CC/C=C\C/C=C\C/C=C\C/C=C\CC)COC(OCC[N+](C)(C)C)C(=O)O. The molecule has 0 aromatic heterocycles. The zero-order chi connectivity index (χ0) is 50.6. The van der Waals surface area contributed by atoms with Gasteiger partial charge in [-0.25, -0.2) is 4.79 Å². The van der Waals surface area contributed by atoms with E-state index in [1.807, 2.05) is 33.3 Å². The van der Waals surface area contributed by atoms with Crippen LogP contribution < -0.4 is 0 Å². The number of rotatable bonds is 46. The smallest absolute Gasteiger partial charge is 0.361 e. The number of carbonyl (C=O) groups excluding carboxylic acids is 2. The molecule has 0 saturated heterocycles.